The van der Waals surface area contributed by atoms with Crippen molar-refractivity contribution in [3.05, 3.63) is 72.2 Å². The average Bonchev–Trinajstić information content (AvgIpc) is 3.22. The molecule has 33 heavy (non-hydrogen) atoms. The summed E-state index contributed by atoms with van der Waals surface area (Å²) < 4.78 is 8.48. The van der Waals surface area contributed by atoms with Crippen LogP contribution in [0.2, 0.25) is 0 Å². The Bertz CT molecular complexity index is 1330. The third-order valence-electron chi connectivity index (χ3n) is 7.05. The minimum Gasteiger partial charge on any atom is -0.485 e. The van der Waals surface area contributed by atoms with Gasteiger partial charge in [0.2, 0.25) is 0 Å². The highest BCUT2D eigenvalue weighted by Gasteiger charge is 2.43. The molecule has 1 fully saturated rings. The smallest absolute Gasteiger partial charge is 0.146 e. The van der Waals surface area contributed by atoms with Crippen LogP contribution in [0.5, 0.6) is 5.75 Å². The Kier molecular flexibility index (Phi) is 4.64. The predicted octanol–water partition coefficient (Wildman–Crippen LogP) is 3.81. The molecule has 1 unspecified atom stereocenters. The van der Waals surface area contributed by atoms with Gasteiger partial charge in [-0.2, -0.15) is 0 Å². The summed E-state index contributed by atoms with van der Waals surface area (Å²) in [5, 5.41) is 20.6. The van der Waals surface area contributed by atoms with Gasteiger partial charge < -0.3 is 25.3 Å². The maximum Gasteiger partial charge on any atom is 0.146 e. The molecule has 7 heteroatoms. The van der Waals surface area contributed by atoms with Crippen LogP contribution in [0.3, 0.4) is 0 Å². The highest BCUT2D eigenvalue weighted by atomic mass is 16.5. The minimum atomic E-state index is -1.02. The van der Waals surface area contributed by atoms with Crippen LogP contribution in [-0.4, -0.2) is 37.0 Å². The highest BCUT2D eigenvalue weighted by Crippen LogP contribution is 2.45. The summed E-state index contributed by atoms with van der Waals surface area (Å²) in [5.74, 6) is 1.31. The molecule has 1 aliphatic carbocycles. The van der Waals surface area contributed by atoms with Crippen LogP contribution in [0, 0.1) is 0 Å². The van der Waals surface area contributed by atoms with Gasteiger partial charge in [0.05, 0.1) is 17.6 Å². The van der Waals surface area contributed by atoms with Crippen molar-refractivity contribution in [2.45, 2.75) is 43.4 Å². The Morgan fingerprint density at radius 3 is 2.73 bits per heavy atom. The van der Waals surface area contributed by atoms with E-state index in [1.807, 2.05) is 24.4 Å². The molecule has 4 N–H and O–H groups in total. The Morgan fingerprint density at radius 1 is 1.12 bits per heavy atom. The number of nitrogens with two attached hydrogens (primary N) is 1. The van der Waals surface area contributed by atoms with Crippen molar-refractivity contribution in [3.8, 4) is 16.9 Å². The lowest BCUT2D eigenvalue weighted by molar-refractivity contribution is -0.101. The number of anilines is 1. The van der Waals surface area contributed by atoms with E-state index < -0.39 is 5.60 Å². The van der Waals surface area contributed by atoms with E-state index in [0.29, 0.717) is 18.7 Å². The van der Waals surface area contributed by atoms with Gasteiger partial charge in [-0.25, -0.2) is 9.97 Å². The fourth-order valence-electron chi connectivity index (χ4n) is 5.19. The lowest BCUT2D eigenvalue weighted by Crippen LogP contribution is -2.47. The number of benzene rings is 2. The Balaban J connectivity index is 1.40. The van der Waals surface area contributed by atoms with Crippen molar-refractivity contribution in [1.29, 1.82) is 0 Å². The molecule has 7 nitrogen and oxygen atoms in total. The van der Waals surface area contributed by atoms with Crippen molar-refractivity contribution >= 4 is 16.9 Å². The molecule has 4 aromatic rings. The summed E-state index contributed by atoms with van der Waals surface area (Å²) in [6, 6.07) is 16.7. The molecule has 0 bridgehead atoms. The van der Waals surface area contributed by atoms with Gasteiger partial charge in [0, 0.05) is 17.8 Å². The number of aromatic nitrogens is 3. The van der Waals surface area contributed by atoms with E-state index in [1.54, 1.807) is 0 Å². The van der Waals surface area contributed by atoms with E-state index in [4.69, 9.17) is 10.5 Å². The number of ether oxygens (including phenoxy) is 1. The molecule has 3 heterocycles. The fraction of sp³-hybridized carbons (Fsp3) is 0.308. The summed E-state index contributed by atoms with van der Waals surface area (Å²) >= 11 is 0. The first-order chi connectivity index (χ1) is 16.0. The Labute approximate surface area is 191 Å². The second-order valence-electron chi connectivity index (χ2n) is 9.23. The van der Waals surface area contributed by atoms with E-state index in [0.717, 1.165) is 40.8 Å². The van der Waals surface area contributed by atoms with E-state index in [2.05, 4.69) is 44.9 Å². The molecule has 6 rings (SSSR count). The molecule has 2 aliphatic rings. The van der Waals surface area contributed by atoms with Crippen LogP contribution in [0.15, 0.2) is 61.1 Å². The van der Waals surface area contributed by atoms with Crippen LogP contribution in [0.4, 0.5) is 5.82 Å². The summed E-state index contributed by atoms with van der Waals surface area (Å²) in [7, 11) is 0. The van der Waals surface area contributed by atoms with Crippen LogP contribution >= 0.6 is 0 Å². The van der Waals surface area contributed by atoms with Gasteiger partial charge in [0.1, 0.15) is 29.6 Å². The topological polar surface area (TPSA) is 106 Å². The quantitative estimate of drug-likeness (QED) is 0.444. The number of aliphatic hydroxyl groups is 2. The van der Waals surface area contributed by atoms with E-state index >= 15 is 0 Å². The molecule has 1 atom stereocenters. The number of fused-ring (bicyclic) bond motifs is 2. The zero-order valence-electron chi connectivity index (χ0n) is 18.2. The van der Waals surface area contributed by atoms with Crippen molar-refractivity contribution in [2.24, 2.45) is 0 Å². The zero-order valence-corrected chi connectivity index (χ0v) is 18.2. The second kappa shape index (κ2) is 7.57. The van der Waals surface area contributed by atoms with E-state index in [1.165, 1.54) is 17.5 Å². The van der Waals surface area contributed by atoms with Gasteiger partial charge in [-0.15, -0.1) is 0 Å². The third-order valence-corrected chi connectivity index (χ3v) is 7.05. The van der Waals surface area contributed by atoms with Crippen LogP contribution < -0.4 is 10.5 Å². The van der Waals surface area contributed by atoms with Crippen molar-refractivity contribution in [2.75, 3.05) is 12.3 Å². The van der Waals surface area contributed by atoms with E-state index in [9.17, 15) is 10.2 Å². The summed E-state index contributed by atoms with van der Waals surface area (Å²) in [4.78, 5) is 8.73. The standard InChI is InChI=1S/C26H26N4O3/c27-24-23-20(13-30(25(23)29-15-28-24)19-11-26(32,12-19)14-31)18-7-6-17-8-9-21(33-22(17)10-18)16-4-2-1-3-5-16/h1-7,10,13,15,19,21,31-32H,8-9,11-12,14H2,(H2,27,28,29). The molecule has 168 valence electrons. The maximum atomic E-state index is 10.3. The van der Waals surface area contributed by atoms with Gasteiger partial charge in [0.25, 0.3) is 0 Å². The number of nitrogen functional groups attached to an aromatic ring is 1. The largest absolute Gasteiger partial charge is 0.485 e. The first-order valence-electron chi connectivity index (χ1n) is 11.3. The third kappa shape index (κ3) is 3.35. The van der Waals surface area contributed by atoms with E-state index in [-0.39, 0.29) is 18.8 Å². The summed E-state index contributed by atoms with van der Waals surface area (Å²) in [6.45, 7) is -0.239. The Morgan fingerprint density at radius 2 is 1.94 bits per heavy atom. The predicted molar refractivity (Wildman–Crippen MR) is 126 cm³/mol. The molecule has 2 aromatic heterocycles. The SMILES string of the molecule is Nc1ncnc2c1c(-c1ccc3c(c1)OC(c1ccccc1)CC3)cn2C1CC(O)(CO)C1. The van der Waals surface area contributed by atoms with Gasteiger partial charge in [-0.05, 0) is 48.4 Å². The number of aryl methyl sites for hydroxylation is 1. The molecule has 0 radical (unpaired) electrons. The second-order valence-corrected chi connectivity index (χ2v) is 9.23. The molecular formula is C26H26N4O3. The maximum absolute atomic E-state index is 10.3. The van der Waals surface area contributed by atoms with Crippen molar-refractivity contribution < 1.29 is 14.9 Å². The normalized spacial score (nSPS) is 24.2. The molecular weight excluding hydrogens is 416 g/mol. The van der Waals surface area contributed by atoms with Gasteiger partial charge in [-0.1, -0.05) is 42.5 Å². The summed E-state index contributed by atoms with van der Waals surface area (Å²) in [5.41, 5.74) is 10.3. The van der Waals surface area contributed by atoms with Gasteiger partial charge in [-0.3, -0.25) is 0 Å². The van der Waals surface area contributed by atoms with Gasteiger partial charge in [0.15, 0.2) is 0 Å². The minimum absolute atomic E-state index is 0.0369. The number of nitrogens with zero attached hydrogens (tertiary/aromatic N) is 3. The summed E-state index contributed by atoms with van der Waals surface area (Å²) in [6.07, 6.45) is 6.41. The van der Waals surface area contributed by atoms with Crippen molar-refractivity contribution in [3.63, 3.8) is 0 Å². The molecule has 2 aromatic carbocycles. The highest BCUT2D eigenvalue weighted by molar-refractivity contribution is 6.00. The van der Waals surface area contributed by atoms with Gasteiger partial charge >= 0.3 is 0 Å². The first kappa shape index (κ1) is 20.2. The lowest BCUT2D eigenvalue weighted by Gasteiger charge is -2.43. The molecule has 1 saturated carbocycles. The van der Waals surface area contributed by atoms with Crippen LogP contribution in [0.1, 0.15) is 42.5 Å². The number of hydrogen-bond donors (Lipinski definition) is 3. The molecule has 0 amide bonds. The molecule has 0 spiro atoms. The monoisotopic (exact) mass is 442 g/mol. The van der Waals surface area contributed by atoms with Crippen LogP contribution in [-0.2, 0) is 6.42 Å². The fourth-order valence-corrected chi connectivity index (χ4v) is 5.19. The number of aliphatic hydroxyl groups excluding tert-OH is 1. The first-order valence-corrected chi connectivity index (χ1v) is 11.3. The Hall–Kier alpha value is -3.42. The lowest BCUT2D eigenvalue weighted by atomic mass is 9.76. The molecule has 0 saturated heterocycles. The number of rotatable bonds is 4. The molecule has 1 aliphatic heterocycles. The van der Waals surface area contributed by atoms with Crippen molar-refractivity contribution in [1.82, 2.24) is 14.5 Å². The number of hydrogen-bond acceptors (Lipinski definition) is 6. The zero-order chi connectivity index (χ0) is 22.6. The average molecular weight is 443 g/mol. The van der Waals surface area contributed by atoms with Crippen LogP contribution in [0.25, 0.3) is 22.2 Å².